The average Bonchev–Trinajstić information content (AvgIpc) is 2.85. The van der Waals surface area contributed by atoms with Crippen molar-refractivity contribution in [3.05, 3.63) is 29.8 Å². The van der Waals surface area contributed by atoms with E-state index in [1.54, 1.807) is 0 Å². The first kappa shape index (κ1) is 12.9. The average molecular weight is 245 g/mol. The zero-order valence-electron chi connectivity index (χ0n) is 11.7. The molecular formula is C15H23N3. The molecule has 1 aliphatic carbocycles. The smallest absolute Gasteiger partial charge is 0.193 e. The van der Waals surface area contributed by atoms with Crippen LogP contribution in [0, 0.1) is 5.41 Å². The number of hydrogen-bond donors (Lipinski definition) is 2. The maximum atomic E-state index is 5.93. The van der Waals surface area contributed by atoms with Gasteiger partial charge in [-0.15, -0.1) is 0 Å². The summed E-state index contributed by atoms with van der Waals surface area (Å²) in [4.78, 5) is 4.49. The Hall–Kier alpha value is -1.51. The molecule has 0 heterocycles. The molecule has 98 valence electrons. The molecule has 0 radical (unpaired) electrons. The second-order valence-electron chi connectivity index (χ2n) is 6.13. The molecule has 18 heavy (non-hydrogen) atoms. The fourth-order valence-electron chi connectivity index (χ4n) is 1.98. The number of nitrogens with one attached hydrogen (secondary N) is 1. The fraction of sp³-hybridized carbons (Fsp3) is 0.533. The Morgan fingerprint density at radius 1 is 1.44 bits per heavy atom. The highest BCUT2D eigenvalue weighted by molar-refractivity contribution is 5.92. The van der Waals surface area contributed by atoms with E-state index in [0.717, 1.165) is 12.1 Å². The molecule has 0 bridgehead atoms. The number of guanidine groups is 1. The lowest BCUT2D eigenvalue weighted by Crippen LogP contribution is -2.23. The van der Waals surface area contributed by atoms with Crippen molar-refractivity contribution < 1.29 is 0 Å². The molecule has 3 heteroatoms. The van der Waals surface area contributed by atoms with Crippen LogP contribution in [0.3, 0.4) is 0 Å². The molecule has 0 spiro atoms. The SMILES string of the molecule is CC(C)c1cccc(NC(N)=N[C@H]2CC2(C)C)c1. The maximum absolute atomic E-state index is 5.93. The number of anilines is 1. The van der Waals surface area contributed by atoms with Gasteiger partial charge in [-0.05, 0) is 35.4 Å². The molecule has 0 aromatic heterocycles. The van der Waals surface area contributed by atoms with Crippen molar-refractivity contribution in [2.24, 2.45) is 16.1 Å². The van der Waals surface area contributed by atoms with Crippen molar-refractivity contribution in [1.82, 2.24) is 0 Å². The van der Waals surface area contributed by atoms with Crippen LogP contribution < -0.4 is 11.1 Å². The lowest BCUT2D eigenvalue weighted by Gasteiger charge is -2.10. The van der Waals surface area contributed by atoms with Gasteiger partial charge in [0.05, 0.1) is 6.04 Å². The number of aliphatic imine (C=N–C) groups is 1. The summed E-state index contributed by atoms with van der Waals surface area (Å²) in [5.74, 6) is 1.04. The number of hydrogen-bond acceptors (Lipinski definition) is 1. The lowest BCUT2D eigenvalue weighted by atomic mass is 10.0. The molecule has 1 saturated carbocycles. The first-order valence-electron chi connectivity index (χ1n) is 6.59. The van der Waals surface area contributed by atoms with Gasteiger partial charge < -0.3 is 11.1 Å². The summed E-state index contributed by atoms with van der Waals surface area (Å²) in [6.45, 7) is 8.80. The molecule has 3 nitrogen and oxygen atoms in total. The van der Waals surface area contributed by atoms with Crippen molar-refractivity contribution >= 4 is 11.6 Å². The van der Waals surface area contributed by atoms with Crippen molar-refractivity contribution in [3.8, 4) is 0 Å². The van der Waals surface area contributed by atoms with Crippen molar-refractivity contribution in [1.29, 1.82) is 0 Å². The zero-order valence-corrected chi connectivity index (χ0v) is 11.7. The molecule has 2 rings (SSSR count). The molecule has 1 aromatic rings. The molecule has 0 saturated heterocycles. The van der Waals surface area contributed by atoms with E-state index in [9.17, 15) is 0 Å². The Labute approximate surface area is 109 Å². The van der Waals surface area contributed by atoms with Gasteiger partial charge in [0.1, 0.15) is 0 Å². The zero-order chi connectivity index (χ0) is 13.3. The van der Waals surface area contributed by atoms with Crippen LogP contribution in [0.15, 0.2) is 29.3 Å². The molecule has 3 N–H and O–H groups in total. The van der Waals surface area contributed by atoms with Crippen LogP contribution in [0.5, 0.6) is 0 Å². The summed E-state index contributed by atoms with van der Waals surface area (Å²) in [6, 6.07) is 8.70. The van der Waals surface area contributed by atoms with Gasteiger partial charge in [0.15, 0.2) is 5.96 Å². The van der Waals surface area contributed by atoms with Crippen molar-refractivity contribution in [3.63, 3.8) is 0 Å². The minimum absolute atomic E-state index is 0.325. The van der Waals surface area contributed by atoms with E-state index in [1.165, 1.54) is 5.56 Å². The Balaban J connectivity index is 2.03. The van der Waals surface area contributed by atoms with Crippen LogP contribution in [0.1, 0.15) is 45.6 Å². The van der Waals surface area contributed by atoms with E-state index in [2.05, 4.69) is 50.1 Å². The van der Waals surface area contributed by atoms with Crippen molar-refractivity contribution in [2.75, 3.05) is 5.32 Å². The molecule has 0 amide bonds. The van der Waals surface area contributed by atoms with Crippen LogP contribution >= 0.6 is 0 Å². The van der Waals surface area contributed by atoms with E-state index in [4.69, 9.17) is 5.73 Å². The summed E-state index contributed by atoms with van der Waals surface area (Å²) in [5, 5.41) is 3.17. The first-order valence-corrected chi connectivity index (χ1v) is 6.59. The largest absolute Gasteiger partial charge is 0.370 e. The normalized spacial score (nSPS) is 22.1. The van der Waals surface area contributed by atoms with Crippen LogP contribution in [0.4, 0.5) is 5.69 Å². The standard InChI is InChI=1S/C15H23N3/c1-10(2)11-6-5-7-12(8-11)17-14(16)18-13-9-15(13,3)4/h5-8,10,13H,9H2,1-4H3,(H3,16,17,18)/t13-/m0/s1. The molecule has 1 fully saturated rings. The third kappa shape index (κ3) is 3.03. The van der Waals surface area contributed by atoms with Gasteiger partial charge in [0.2, 0.25) is 0 Å². The first-order chi connectivity index (χ1) is 8.38. The predicted octanol–water partition coefficient (Wildman–Crippen LogP) is 3.34. The lowest BCUT2D eigenvalue weighted by molar-refractivity contribution is 0.618. The number of nitrogens with two attached hydrogens (primary N) is 1. The van der Waals surface area contributed by atoms with Gasteiger partial charge in [-0.25, -0.2) is 4.99 Å². The highest BCUT2D eigenvalue weighted by Gasteiger charge is 2.45. The Kier molecular flexibility index (Phi) is 3.33. The minimum Gasteiger partial charge on any atom is -0.370 e. The third-order valence-electron chi connectivity index (χ3n) is 3.58. The Morgan fingerprint density at radius 2 is 2.11 bits per heavy atom. The quantitative estimate of drug-likeness (QED) is 0.634. The Bertz CT molecular complexity index is 461. The van der Waals surface area contributed by atoms with E-state index < -0.39 is 0 Å². The minimum atomic E-state index is 0.325. The van der Waals surface area contributed by atoms with Gasteiger partial charge in [-0.2, -0.15) is 0 Å². The topological polar surface area (TPSA) is 50.4 Å². The summed E-state index contributed by atoms with van der Waals surface area (Å²) < 4.78 is 0. The van der Waals surface area contributed by atoms with E-state index in [-0.39, 0.29) is 0 Å². The van der Waals surface area contributed by atoms with Gasteiger partial charge in [0.25, 0.3) is 0 Å². The van der Waals surface area contributed by atoms with Crippen LogP contribution in [0.2, 0.25) is 0 Å². The third-order valence-corrected chi connectivity index (χ3v) is 3.58. The molecule has 1 aromatic carbocycles. The van der Waals surface area contributed by atoms with Crippen LogP contribution in [-0.2, 0) is 0 Å². The van der Waals surface area contributed by atoms with Gasteiger partial charge in [0, 0.05) is 5.69 Å². The van der Waals surface area contributed by atoms with Gasteiger partial charge in [-0.1, -0.05) is 39.8 Å². The van der Waals surface area contributed by atoms with Gasteiger partial charge in [-0.3, -0.25) is 0 Å². The second kappa shape index (κ2) is 4.63. The highest BCUT2D eigenvalue weighted by Crippen LogP contribution is 2.47. The van der Waals surface area contributed by atoms with E-state index in [0.29, 0.717) is 23.3 Å². The second-order valence-corrected chi connectivity index (χ2v) is 6.13. The van der Waals surface area contributed by atoms with Gasteiger partial charge >= 0.3 is 0 Å². The summed E-state index contributed by atoms with van der Waals surface area (Å²) in [7, 11) is 0. The molecular weight excluding hydrogens is 222 g/mol. The fourth-order valence-corrected chi connectivity index (χ4v) is 1.98. The van der Waals surface area contributed by atoms with Crippen LogP contribution in [-0.4, -0.2) is 12.0 Å². The van der Waals surface area contributed by atoms with E-state index in [1.807, 2.05) is 12.1 Å². The number of benzene rings is 1. The Morgan fingerprint density at radius 3 is 2.67 bits per heavy atom. The molecule has 1 aliphatic rings. The summed E-state index contributed by atoms with van der Waals surface area (Å²) >= 11 is 0. The summed E-state index contributed by atoms with van der Waals surface area (Å²) in [5.41, 5.74) is 8.58. The highest BCUT2D eigenvalue weighted by atomic mass is 15.1. The predicted molar refractivity (Wildman–Crippen MR) is 78.0 cm³/mol. The number of nitrogens with zero attached hydrogens (tertiary/aromatic N) is 1. The monoisotopic (exact) mass is 245 g/mol. The van der Waals surface area contributed by atoms with Crippen molar-refractivity contribution in [2.45, 2.75) is 46.1 Å². The van der Waals surface area contributed by atoms with Crippen LogP contribution in [0.25, 0.3) is 0 Å². The molecule has 0 aliphatic heterocycles. The van der Waals surface area contributed by atoms with E-state index >= 15 is 0 Å². The molecule has 1 atom stereocenters. The molecule has 0 unspecified atom stereocenters. The maximum Gasteiger partial charge on any atom is 0.193 e. The number of rotatable bonds is 3. The summed E-state index contributed by atoms with van der Waals surface area (Å²) in [6.07, 6.45) is 1.13.